The van der Waals surface area contributed by atoms with E-state index in [4.69, 9.17) is 0 Å². The lowest BCUT2D eigenvalue weighted by atomic mass is 10.0. The van der Waals surface area contributed by atoms with Crippen molar-refractivity contribution >= 4 is 17.9 Å². The highest BCUT2D eigenvalue weighted by molar-refractivity contribution is 5.95. The Morgan fingerprint density at radius 1 is 1.19 bits per heavy atom. The number of carbonyl (C=O) groups is 2. The Balaban J connectivity index is 1.65. The van der Waals surface area contributed by atoms with Crippen LogP contribution in [-0.2, 0) is 17.6 Å². The minimum absolute atomic E-state index is 0.0697. The fourth-order valence-electron chi connectivity index (χ4n) is 3.24. The van der Waals surface area contributed by atoms with Gasteiger partial charge in [-0.05, 0) is 73.5 Å². The Labute approximate surface area is 155 Å². The molecule has 2 aromatic carbocycles. The Kier molecular flexibility index (Phi) is 5.84. The molecule has 3 rings (SSSR count). The van der Waals surface area contributed by atoms with E-state index in [1.807, 2.05) is 13.0 Å². The van der Waals surface area contributed by atoms with Crippen molar-refractivity contribution < 1.29 is 9.59 Å². The van der Waals surface area contributed by atoms with Crippen LogP contribution in [0.15, 0.2) is 42.5 Å². The molecule has 1 aliphatic rings. The Hall–Kier alpha value is -2.46. The first-order valence-electron chi connectivity index (χ1n) is 9.29. The SMILES string of the molecule is CCc1cc(NC(=O)C(Cc2ccc(C3CC3)cc2)NC)ccc1C=O. The molecular weight excluding hydrogens is 324 g/mol. The fraction of sp³-hybridized carbons (Fsp3) is 0.364. The molecule has 1 fully saturated rings. The minimum atomic E-state index is -0.308. The Morgan fingerprint density at radius 2 is 1.92 bits per heavy atom. The summed E-state index contributed by atoms with van der Waals surface area (Å²) in [7, 11) is 1.80. The topological polar surface area (TPSA) is 58.2 Å². The third-order valence-electron chi connectivity index (χ3n) is 5.05. The number of carbonyl (C=O) groups excluding carboxylic acids is 2. The largest absolute Gasteiger partial charge is 0.325 e. The third kappa shape index (κ3) is 4.38. The molecule has 4 nitrogen and oxygen atoms in total. The molecule has 0 saturated heterocycles. The molecule has 0 aromatic heterocycles. The molecule has 1 saturated carbocycles. The van der Waals surface area contributed by atoms with Crippen molar-refractivity contribution in [2.24, 2.45) is 0 Å². The number of likely N-dealkylation sites (N-methyl/N-ethyl adjacent to an activating group) is 1. The van der Waals surface area contributed by atoms with E-state index in [9.17, 15) is 9.59 Å². The van der Waals surface area contributed by atoms with E-state index in [0.717, 1.165) is 35.4 Å². The molecule has 2 N–H and O–H groups in total. The molecule has 0 aliphatic heterocycles. The van der Waals surface area contributed by atoms with E-state index in [1.54, 1.807) is 19.2 Å². The van der Waals surface area contributed by atoms with Gasteiger partial charge in [-0.25, -0.2) is 0 Å². The van der Waals surface area contributed by atoms with E-state index in [0.29, 0.717) is 12.0 Å². The molecule has 1 amide bonds. The lowest BCUT2D eigenvalue weighted by molar-refractivity contribution is -0.118. The van der Waals surface area contributed by atoms with Crippen molar-refractivity contribution in [1.82, 2.24) is 5.32 Å². The molecule has 1 aliphatic carbocycles. The summed E-state index contributed by atoms with van der Waals surface area (Å²) in [4.78, 5) is 23.7. The number of hydrogen-bond acceptors (Lipinski definition) is 3. The summed E-state index contributed by atoms with van der Waals surface area (Å²) < 4.78 is 0. The van der Waals surface area contributed by atoms with Crippen molar-refractivity contribution in [3.63, 3.8) is 0 Å². The van der Waals surface area contributed by atoms with Crippen molar-refractivity contribution in [2.45, 2.75) is 44.6 Å². The first kappa shape index (κ1) is 18.3. The van der Waals surface area contributed by atoms with E-state index in [1.165, 1.54) is 18.4 Å². The molecule has 26 heavy (non-hydrogen) atoms. The van der Waals surface area contributed by atoms with Crippen LogP contribution in [0.4, 0.5) is 5.69 Å². The Morgan fingerprint density at radius 3 is 2.50 bits per heavy atom. The minimum Gasteiger partial charge on any atom is -0.325 e. The number of hydrogen-bond donors (Lipinski definition) is 2. The van der Waals surface area contributed by atoms with E-state index >= 15 is 0 Å². The van der Waals surface area contributed by atoms with Crippen molar-refractivity contribution in [1.29, 1.82) is 0 Å². The smallest absolute Gasteiger partial charge is 0.241 e. The molecule has 1 atom stereocenters. The molecular formula is C22H26N2O2. The number of nitrogens with one attached hydrogen (secondary N) is 2. The number of aldehydes is 1. The number of amides is 1. The fourth-order valence-corrected chi connectivity index (χ4v) is 3.24. The molecule has 136 valence electrons. The number of aryl methyl sites for hydroxylation is 1. The second-order valence-corrected chi connectivity index (χ2v) is 6.94. The maximum atomic E-state index is 12.6. The predicted molar refractivity (Wildman–Crippen MR) is 105 cm³/mol. The number of benzene rings is 2. The summed E-state index contributed by atoms with van der Waals surface area (Å²) in [5, 5.41) is 6.06. The van der Waals surface area contributed by atoms with Gasteiger partial charge < -0.3 is 10.6 Å². The van der Waals surface area contributed by atoms with Gasteiger partial charge in [-0.3, -0.25) is 9.59 Å². The summed E-state index contributed by atoms with van der Waals surface area (Å²) in [6, 6.07) is 13.7. The van der Waals surface area contributed by atoms with Gasteiger partial charge in [-0.1, -0.05) is 31.2 Å². The zero-order valence-corrected chi connectivity index (χ0v) is 15.4. The average Bonchev–Trinajstić information content (AvgIpc) is 3.51. The summed E-state index contributed by atoms with van der Waals surface area (Å²) >= 11 is 0. The highest BCUT2D eigenvalue weighted by Gasteiger charge is 2.23. The van der Waals surface area contributed by atoms with Crippen molar-refractivity contribution in [3.8, 4) is 0 Å². The van der Waals surface area contributed by atoms with Crippen LogP contribution in [-0.4, -0.2) is 25.3 Å². The second kappa shape index (κ2) is 8.28. The highest BCUT2D eigenvalue weighted by Crippen LogP contribution is 2.39. The van der Waals surface area contributed by atoms with Gasteiger partial charge in [0, 0.05) is 11.3 Å². The molecule has 1 unspecified atom stereocenters. The molecule has 2 aromatic rings. The summed E-state index contributed by atoms with van der Waals surface area (Å²) in [6.07, 6.45) is 4.83. The maximum absolute atomic E-state index is 12.6. The van der Waals surface area contributed by atoms with E-state index in [-0.39, 0.29) is 11.9 Å². The van der Waals surface area contributed by atoms with Gasteiger partial charge >= 0.3 is 0 Å². The van der Waals surface area contributed by atoms with Crippen molar-refractivity contribution in [2.75, 3.05) is 12.4 Å². The number of rotatable bonds is 8. The van der Waals surface area contributed by atoms with Gasteiger partial charge in [0.25, 0.3) is 0 Å². The van der Waals surface area contributed by atoms with Crippen LogP contribution in [0.1, 0.15) is 52.7 Å². The van der Waals surface area contributed by atoms with Crippen LogP contribution in [0.2, 0.25) is 0 Å². The van der Waals surface area contributed by atoms with Crippen LogP contribution in [0.5, 0.6) is 0 Å². The van der Waals surface area contributed by atoms with Crippen LogP contribution < -0.4 is 10.6 Å². The molecule has 0 bridgehead atoms. The molecule has 4 heteroatoms. The van der Waals surface area contributed by atoms with Gasteiger partial charge in [-0.2, -0.15) is 0 Å². The van der Waals surface area contributed by atoms with Gasteiger partial charge in [0.05, 0.1) is 6.04 Å². The lowest BCUT2D eigenvalue weighted by Gasteiger charge is -2.17. The van der Waals surface area contributed by atoms with Gasteiger partial charge in [0.2, 0.25) is 5.91 Å². The average molecular weight is 350 g/mol. The molecule has 0 radical (unpaired) electrons. The van der Waals surface area contributed by atoms with Gasteiger partial charge in [0.15, 0.2) is 0 Å². The van der Waals surface area contributed by atoms with Crippen molar-refractivity contribution in [3.05, 3.63) is 64.7 Å². The lowest BCUT2D eigenvalue weighted by Crippen LogP contribution is -2.40. The molecule has 0 heterocycles. The quantitative estimate of drug-likeness (QED) is 0.714. The molecule has 0 spiro atoms. The van der Waals surface area contributed by atoms with Gasteiger partial charge in [0.1, 0.15) is 6.29 Å². The maximum Gasteiger partial charge on any atom is 0.241 e. The van der Waals surface area contributed by atoms with Crippen LogP contribution in [0.3, 0.4) is 0 Å². The monoisotopic (exact) mass is 350 g/mol. The van der Waals surface area contributed by atoms with Crippen LogP contribution in [0, 0.1) is 0 Å². The second-order valence-electron chi connectivity index (χ2n) is 6.94. The Bertz CT molecular complexity index is 779. The summed E-state index contributed by atoms with van der Waals surface area (Å²) in [5.41, 5.74) is 4.89. The highest BCUT2D eigenvalue weighted by atomic mass is 16.2. The first-order chi connectivity index (χ1) is 12.6. The van der Waals surface area contributed by atoms with Crippen LogP contribution >= 0.6 is 0 Å². The number of anilines is 1. The third-order valence-corrected chi connectivity index (χ3v) is 5.05. The van der Waals surface area contributed by atoms with Gasteiger partial charge in [-0.15, -0.1) is 0 Å². The zero-order valence-electron chi connectivity index (χ0n) is 15.4. The first-order valence-corrected chi connectivity index (χ1v) is 9.29. The zero-order chi connectivity index (χ0) is 18.5. The predicted octanol–water partition coefficient (Wildman–Crippen LogP) is 3.71. The summed E-state index contributed by atoms with van der Waals surface area (Å²) in [5.74, 6) is 0.675. The normalized spacial score (nSPS) is 14.7. The standard InChI is InChI=1S/C22H26N2O2/c1-3-16-13-20(11-10-19(16)14-25)24-22(26)21(23-2)12-15-4-6-17(7-5-15)18-8-9-18/h4-7,10-11,13-14,18,21,23H,3,8-9,12H2,1-2H3,(H,24,26). The summed E-state index contributed by atoms with van der Waals surface area (Å²) in [6.45, 7) is 2.00. The van der Waals surface area contributed by atoms with E-state index < -0.39 is 0 Å². The van der Waals surface area contributed by atoms with E-state index in [2.05, 4.69) is 34.9 Å². The van der Waals surface area contributed by atoms with Crippen LogP contribution in [0.25, 0.3) is 0 Å².